The van der Waals surface area contributed by atoms with Crippen LogP contribution < -0.4 is 5.32 Å². The van der Waals surface area contributed by atoms with E-state index in [2.05, 4.69) is 20.6 Å². The second-order valence-electron chi connectivity index (χ2n) is 5.68. The van der Waals surface area contributed by atoms with Crippen LogP contribution in [0.5, 0.6) is 0 Å². The Morgan fingerprint density at radius 1 is 1.12 bits per heavy atom. The molecule has 0 saturated heterocycles. The van der Waals surface area contributed by atoms with Crippen molar-refractivity contribution in [1.82, 2.24) is 19.9 Å². The van der Waals surface area contributed by atoms with E-state index in [4.69, 9.17) is 4.52 Å². The van der Waals surface area contributed by atoms with Crippen LogP contribution in [0.3, 0.4) is 0 Å². The average molecular weight is 345 g/mol. The fraction of sp³-hybridized carbons (Fsp3) is 0.0526. The SMILES string of the molecule is O=C(Nc1cnn(Cc2cccnc2)c1)c1cc(-c2ccccc2)on1. The Balaban J connectivity index is 1.43. The molecule has 7 heteroatoms. The Hall–Kier alpha value is -3.74. The van der Waals surface area contributed by atoms with Crippen LogP contribution in [0.1, 0.15) is 16.1 Å². The number of nitrogens with zero attached hydrogens (tertiary/aromatic N) is 4. The summed E-state index contributed by atoms with van der Waals surface area (Å²) >= 11 is 0. The highest BCUT2D eigenvalue weighted by molar-refractivity contribution is 6.03. The molecule has 3 heterocycles. The van der Waals surface area contributed by atoms with Gasteiger partial charge < -0.3 is 9.84 Å². The van der Waals surface area contributed by atoms with Crippen LogP contribution in [-0.2, 0) is 6.54 Å². The van der Waals surface area contributed by atoms with E-state index in [0.29, 0.717) is 18.0 Å². The Labute approximate surface area is 149 Å². The maximum absolute atomic E-state index is 12.3. The molecule has 1 amide bonds. The molecule has 26 heavy (non-hydrogen) atoms. The second kappa shape index (κ2) is 7.02. The van der Waals surface area contributed by atoms with Gasteiger partial charge in [0.25, 0.3) is 5.91 Å². The lowest BCUT2D eigenvalue weighted by atomic mass is 10.1. The van der Waals surface area contributed by atoms with Gasteiger partial charge >= 0.3 is 0 Å². The molecule has 0 aliphatic carbocycles. The molecule has 1 aromatic carbocycles. The number of carbonyl (C=O) groups is 1. The van der Waals surface area contributed by atoms with Crippen molar-refractivity contribution >= 4 is 11.6 Å². The van der Waals surface area contributed by atoms with Gasteiger partial charge in [0, 0.05) is 30.2 Å². The Kier molecular flexibility index (Phi) is 4.26. The third-order valence-electron chi connectivity index (χ3n) is 3.76. The van der Waals surface area contributed by atoms with Gasteiger partial charge in [0.05, 0.1) is 18.4 Å². The minimum absolute atomic E-state index is 0.212. The first-order chi connectivity index (χ1) is 12.8. The fourth-order valence-corrected chi connectivity index (χ4v) is 2.51. The van der Waals surface area contributed by atoms with E-state index in [1.54, 1.807) is 35.5 Å². The molecule has 7 nitrogen and oxygen atoms in total. The zero-order valence-corrected chi connectivity index (χ0v) is 13.7. The minimum atomic E-state index is -0.350. The smallest absolute Gasteiger partial charge is 0.277 e. The lowest BCUT2D eigenvalue weighted by Crippen LogP contribution is -2.11. The zero-order valence-electron chi connectivity index (χ0n) is 13.7. The lowest BCUT2D eigenvalue weighted by Gasteiger charge is -2.00. The molecule has 0 bridgehead atoms. The van der Waals surface area contributed by atoms with Gasteiger partial charge in [-0.1, -0.05) is 41.6 Å². The van der Waals surface area contributed by atoms with Gasteiger partial charge in [-0.15, -0.1) is 0 Å². The molecule has 0 saturated carbocycles. The van der Waals surface area contributed by atoms with E-state index in [9.17, 15) is 4.79 Å². The van der Waals surface area contributed by atoms with E-state index >= 15 is 0 Å². The van der Waals surface area contributed by atoms with Crippen LogP contribution in [0.25, 0.3) is 11.3 Å². The van der Waals surface area contributed by atoms with Crippen LogP contribution >= 0.6 is 0 Å². The molecule has 4 rings (SSSR count). The molecular formula is C19H15N5O2. The molecule has 0 spiro atoms. The van der Waals surface area contributed by atoms with Crippen LogP contribution in [0.2, 0.25) is 0 Å². The van der Waals surface area contributed by atoms with E-state index < -0.39 is 0 Å². The number of benzene rings is 1. The molecular weight excluding hydrogens is 330 g/mol. The first-order valence-corrected chi connectivity index (χ1v) is 8.03. The average Bonchev–Trinajstić information content (AvgIpc) is 3.33. The molecule has 0 aliphatic rings. The Bertz CT molecular complexity index is 1010. The first-order valence-electron chi connectivity index (χ1n) is 8.03. The van der Waals surface area contributed by atoms with Gasteiger partial charge in [0.2, 0.25) is 0 Å². The van der Waals surface area contributed by atoms with Crippen molar-refractivity contribution in [1.29, 1.82) is 0 Å². The fourth-order valence-electron chi connectivity index (χ4n) is 2.51. The Morgan fingerprint density at radius 3 is 2.81 bits per heavy atom. The summed E-state index contributed by atoms with van der Waals surface area (Å²) in [5, 5.41) is 10.9. The van der Waals surface area contributed by atoms with E-state index in [0.717, 1.165) is 11.1 Å². The summed E-state index contributed by atoms with van der Waals surface area (Å²) in [7, 11) is 0. The monoisotopic (exact) mass is 345 g/mol. The van der Waals surface area contributed by atoms with E-state index in [1.807, 2.05) is 42.5 Å². The van der Waals surface area contributed by atoms with Crippen molar-refractivity contribution in [3.63, 3.8) is 0 Å². The molecule has 0 radical (unpaired) electrons. The van der Waals surface area contributed by atoms with Crippen LogP contribution in [0.15, 0.2) is 77.8 Å². The standard InChI is InChI=1S/C19H15N5O2/c25-19(17-9-18(26-23-17)15-6-2-1-3-7-15)22-16-11-21-24(13-16)12-14-5-4-8-20-10-14/h1-11,13H,12H2,(H,22,25). The van der Waals surface area contributed by atoms with E-state index in [-0.39, 0.29) is 11.6 Å². The number of pyridine rings is 1. The maximum Gasteiger partial charge on any atom is 0.277 e. The quantitative estimate of drug-likeness (QED) is 0.600. The number of anilines is 1. The van der Waals surface area contributed by atoms with E-state index in [1.165, 1.54) is 0 Å². The van der Waals surface area contributed by atoms with Gasteiger partial charge in [-0.2, -0.15) is 5.10 Å². The van der Waals surface area contributed by atoms with Crippen molar-refractivity contribution in [2.75, 3.05) is 5.32 Å². The van der Waals surface area contributed by atoms with Gasteiger partial charge in [0.1, 0.15) is 0 Å². The number of aromatic nitrogens is 4. The van der Waals surface area contributed by atoms with Gasteiger partial charge in [0.15, 0.2) is 11.5 Å². The summed E-state index contributed by atoms with van der Waals surface area (Å²) < 4.78 is 6.98. The number of nitrogens with one attached hydrogen (secondary N) is 1. The highest BCUT2D eigenvalue weighted by Crippen LogP contribution is 2.20. The highest BCUT2D eigenvalue weighted by atomic mass is 16.5. The molecule has 0 atom stereocenters. The van der Waals surface area contributed by atoms with Crippen molar-refractivity contribution in [2.45, 2.75) is 6.54 Å². The second-order valence-corrected chi connectivity index (χ2v) is 5.68. The normalized spacial score (nSPS) is 10.6. The summed E-state index contributed by atoms with van der Waals surface area (Å²) in [5.41, 5.74) is 2.69. The highest BCUT2D eigenvalue weighted by Gasteiger charge is 2.14. The summed E-state index contributed by atoms with van der Waals surface area (Å²) in [5.74, 6) is 0.194. The summed E-state index contributed by atoms with van der Waals surface area (Å²) in [4.78, 5) is 16.4. The largest absolute Gasteiger partial charge is 0.355 e. The Morgan fingerprint density at radius 2 is 2.00 bits per heavy atom. The van der Waals surface area contributed by atoms with Crippen molar-refractivity contribution in [3.8, 4) is 11.3 Å². The summed E-state index contributed by atoms with van der Waals surface area (Å²) in [6.45, 7) is 0.575. The molecule has 3 aromatic heterocycles. The number of rotatable bonds is 5. The molecule has 0 aliphatic heterocycles. The molecule has 4 aromatic rings. The number of amides is 1. The number of carbonyl (C=O) groups excluding carboxylic acids is 1. The third kappa shape index (κ3) is 3.51. The summed E-state index contributed by atoms with van der Waals surface area (Å²) in [6, 6.07) is 14.9. The van der Waals surface area contributed by atoms with Crippen molar-refractivity contribution < 1.29 is 9.32 Å². The molecule has 1 N–H and O–H groups in total. The lowest BCUT2D eigenvalue weighted by molar-refractivity contribution is 0.101. The predicted molar refractivity (Wildman–Crippen MR) is 95.5 cm³/mol. The van der Waals surface area contributed by atoms with Crippen LogP contribution in [-0.4, -0.2) is 25.8 Å². The topological polar surface area (TPSA) is 85.8 Å². The van der Waals surface area contributed by atoms with Crippen molar-refractivity contribution in [3.05, 3.63) is 84.6 Å². The maximum atomic E-state index is 12.3. The van der Waals surface area contributed by atoms with Crippen LogP contribution in [0, 0.1) is 0 Å². The molecule has 0 unspecified atom stereocenters. The van der Waals surface area contributed by atoms with Crippen LogP contribution in [0.4, 0.5) is 5.69 Å². The van der Waals surface area contributed by atoms with Gasteiger partial charge in [-0.05, 0) is 11.6 Å². The molecule has 128 valence electrons. The molecule has 0 fully saturated rings. The van der Waals surface area contributed by atoms with Gasteiger partial charge in [-0.3, -0.25) is 14.5 Å². The minimum Gasteiger partial charge on any atom is -0.355 e. The predicted octanol–water partition coefficient (Wildman–Crippen LogP) is 3.23. The van der Waals surface area contributed by atoms with Gasteiger partial charge in [-0.25, -0.2) is 0 Å². The third-order valence-corrected chi connectivity index (χ3v) is 3.76. The summed E-state index contributed by atoms with van der Waals surface area (Å²) in [6.07, 6.45) is 6.84. The number of hydrogen-bond donors (Lipinski definition) is 1. The first kappa shape index (κ1) is 15.8. The zero-order chi connectivity index (χ0) is 17.8. The number of hydrogen-bond acceptors (Lipinski definition) is 5. The van der Waals surface area contributed by atoms with Crippen molar-refractivity contribution in [2.24, 2.45) is 0 Å².